The molecule has 8 N–H and O–H groups in total. The minimum atomic E-state index is -2.10. The Labute approximate surface area is 323 Å². The van der Waals surface area contributed by atoms with Gasteiger partial charge in [0.25, 0.3) is 0 Å². The standard InChI is InChI=1S/C39H52O17/c1-14(13-40)17-10-11-18-20(24(17)41)27(44)23-22(25(18)42)26(43)19-12-37(4,56-35-32(48)38(5,49)30(46)15(2)53-35)33(50-7)29(21(19)28(23)45)55-36-34(51-8)39(6,52-9)31(47)16(3)54-36/h10-11,14-16,29-36,40-41,43,45-49H,12-13H2,1-9H3/t14?,15-,16-,29+,30-,31-,32+,33+,34-,35+,36-,37+,38-,39+/m0/s1. The number of methoxy groups -OCH3 is 3. The average Bonchev–Trinajstić information content (AvgIpc) is 3.15. The van der Waals surface area contributed by atoms with Crippen LogP contribution < -0.4 is 0 Å². The second-order valence-electron chi connectivity index (χ2n) is 15.9. The Balaban J connectivity index is 1.57. The van der Waals surface area contributed by atoms with Crippen molar-refractivity contribution < 1.29 is 83.6 Å². The Morgan fingerprint density at radius 3 is 1.98 bits per heavy atom. The van der Waals surface area contributed by atoms with Gasteiger partial charge in [-0.2, -0.15) is 0 Å². The lowest BCUT2D eigenvalue weighted by Crippen LogP contribution is -2.68. The van der Waals surface area contributed by atoms with E-state index in [2.05, 4.69) is 0 Å². The van der Waals surface area contributed by atoms with Crippen molar-refractivity contribution in [3.63, 3.8) is 0 Å². The first-order chi connectivity index (χ1) is 26.2. The van der Waals surface area contributed by atoms with Crippen molar-refractivity contribution in [1.82, 2.24) is 0 Å². The van der Waals surface area contributed by atoms with Crippen LogP contribution >= 0.6 is 0 Å². The second-order valence-corrected chi connectivity index (χ2v) is 15.9. The molecule has 0 amide bonds. The third kappa shape index (κ3) is 6.15. The van der Waals surface area contributed by atoms with Gasteiger partial charge in [-0.05, 0) is 46.2 Å². The average molecular weight is 793 g/mol. The van der Waals surface area contributed by atoms with Crippen LogP contribution in [0.5, 0.6) is 17.2 Å². The Bertz CT molecular complexity index is 1880. The van der Waals surface area contributed by atoms with Gasteiger partial charge in [-0.3, -0.25) is 9.59 Å². The first-order valence-electron chi connectivity index (χ1n) is 18.3. The maximum Gasteiger partial charge on any atom is 0.202 e. The molecule has 2 aromatic carbocycles. The molecular formula is C39H52O17. The van der Waals surface area contributed by atoms with Crippen LogP contribution in [0, 0.1) is 0 Å². The summed E-state index contributed by atoms with van der Waals surface area (Å²) in [6.45, 7) is 8.57. The van der Waals surface area contributed by atoms with Crippen molar-refractivity contribution >= 4 is 11.6 Å². The zero-order valence-electron chi connectivity index (χ0n) is 32.7. The number of phenolic OH excluding ortho intramolecular Hbond substituents is 3. The lowest BCUT2D eigenvalue weighted by atomic mass is 9.71. The van der Waals surface area contributed by atoms with Gasteiger partial charge >= 0.3 is 0 Å². The van der Waals surface area contributed by atoms with Crippen molar-refractivity contribution in [2.45, 2.75) is 132 Å². The molecule has 0 saturated carbocycles. The predicted octanol–water partition coefficient (Wildman–Crippen LogP) is 0.822. The number of hydrogen-bond donors (Lipinski definition) is 8. The number of ether oxygens (including phenoxy) is 7. The van der Waals surface area contributed by atoms with E-state index in [0.29, 0.717) is 0 Å². The molecule has 0 bridgehead atoms. The van der Waals surface area contributed by atoms with Crippen molar-refractivity contribution in [2.75, 3.05) is 27.9 Å². The second kappa shape index (κ2) is 14.8. The molecule has 56 heavy (non-hydrogen) atoms. The van der Waals surface area contributed by atoms with Crippen molar-refractivity contribution in [1.29, 1.82) is 0 Å². The fourth-order valence-corrected chi connectivity index (χ4v) is 8.78. The highest BCUT2D eigenvalue weighted by Gasteiger charge is 2.60. The van der Waals surface area contributed by atoms with Crippen LogP contribution in [0.1, 0.15) is 102 Å². The summed E-state index contributed by atoms with van der Waals surface area (Å²) in [5, 5.41) is 89.4. The maximum atomic E-state index is 14.4. The Hall–Kier alpha value is -3.30. The number of carbonyl (C=O) groups is 2. The summed E-state index contributed by atoms with van der Waals surface area (Å²) in [4.78, 5) is 28.6. The van der Waals surface area contributed by atoms with Gasteiger partial charge in [0.05, 0.1) is 28.9 Å². The van der Waals surface area contributed by atoms with Crippen LogP contribution in [-0.2, 0) is 39.6 Å². The Morgan fingerprint density at radius 2 is 1.39 bits per heavy atom. The summed E-state index contributed by atoms with van der Waals surface area (Å²) in [6, 6.07) is 2.69. The van der Waals surface area contributed by atoms with Gasteiger partial charge in [0.2, 0.25) is 5.78 Å². The number of aromatic hydroxyl groups is 3. The highest BCUT2D eigenvalue weighted by molar-refractivity contribution is 6.31. The Kier molecular flexibility index (Phi) is 11.2. The van der Waals surface area contributed by atoms with E-state index in [0.717, 1.165) is 0 Å². The van der Waals surface area contributed by atoms with E-state index < -0.39 is 130 Å². The zero-order valence-corrected chi connectivity index (χ0v) is 32.7. The molecule has 2 heterocycles. The molecular weight excluding hydrogens is 740 g/mol. The Morgan fingerprint density at radius 1 is 0.804 bits per heavy atom. The number of phenols is 3. The van der Waals surface area contributed by atoms with E-state index in [4.69, 9.17) is 33.2 Å². The molecule has 2 fully saturated rings. The largest absolute Gasteiger partial charge is 0.507 e. The van der Waals surface area contributed by atoms with E-state index in [1.165, 1.54) is 54.2 Å². The van der Waals surface area contributed by atoms with Crippen LogP contribution in [0.15, 0.2) is 12.1 Å². The lowest BCUT2D eigenvalue weighted by molar-refractivity contribution is -0.368. The molecule has 14 atom stereocenters. The van der Waals surface area contributed by atoms with Crippen molar-refractivity contribution in [2.24, 2.45) is 0 Å². The number of benzene rings is 2. The summed E-state index contributed by atoms with van der Waals surface area (Å²) in [6.07, 6.45) is -13.9. The van der Waals surface area contributed by atoms with E-state index in [-0.39, 0.29) is 35.3 Å². The van der Waals surface area contributed by atoms with Crippen LogP contribution in [0.25, 0.3) is 0 Å². The van der Waals surface area contributed by atoms with Gasteiger partial charge in [-0.1, -0.05) is 13.0 Å². The first kappa shape index (κ1) is 42.3. The van der Waals surface area contributed by atoms with Crippen LogP contribution in [0.2, 0.25) is 0 Å². The van der Waals surface area contributed by atoms with Gasteiger partial charge in [-0.15, -0.1) is 0 Å². The van der Waals surface area contributed by atoms with Gasteiger partial charge in [0.15, 0.2) is 18.4 Å². The lowest BCUT2D eigenvalue weighted by Gasteiger charge is -2.53. The fraction of sp³-hybridized carbons (Fsp3) is 0.641. The third-order valence-electron chi connectivity index (χ3n) is 12.3. The smallest absolute Gasteiger partial charge is 0.202 e. The molecule has 6 rings (SSSR count). The van der Waals surface area contributed by atoms with E-state index >= 15 is 0 Å². The number of fused-ring (bicyclic) bond motifs is 3. The van der Waals surface area contributed by atoms with Gasteiger partial charge < -0.3 is 74.0 Å². The molecule has 17 nitrogen and oxygen atoms in total. The minimum absolute atomic E-state index is 0.126. The maximum absolute atomic E-state index is 14.4. The molecule has 310 valence electrons. The molecule has 0 spiro atoms. The zero-order chi connectivity index (χ0) is 41.6. The summed E-state index contributed by atoms with van der Waals surface area (Å²) in [5.74, 6) is -4.59. The first-order valence-corrected chi connectivity index (χ1v) is 18.3. The number of carbonyl (C=O) groups excluding carboxylic acids is 2. The van der Waals surface area contributed by atoms with Crippen LogP contribution in [-0.4, -0.2) is 152 Å². The van der Waals surface area contributed by atoms with E-state index in [1.54, 1.807) is 20.8 Å². The topological polar surface area (TPSA) is 261 Å². The number of hydrogen-bond acceptors (Lipinski definition) is 17. The number of ketones is 2. The number of aliphatic hydroxyl groups excluding tert-OH is 4. The molecule has 2 aliphatic heterocycles. The van der Waals surface area contributed by atoms with Crippen LogP contribution in [0.3, 0.4) is 0 Å². The van der Waals surface area contributed by atoms with Crippen LogP contribution in [0.4, 0.5) is 0 Å². The van der Waals surface area contributed by atoms with Gasteiger partial charge in [0.1, 0.15) is 70.7 Å². The molecule has 17 heteroatoms. The monoisotopic (exact) mass is 792 g/mol. The molecule has 0 radical (unpaired) electrons. The number of aliphatic hydroxyl groups is 5. The minimum Gasteiger partial charge on any atom is -0.507 e. The van der Waals surface area contributed by atoms with Gasteiger partial charge in [0, 0.05) is 57.0 Å². The fourth-order valence-electron chi connectivity index (χ4n) is 8.78. The summed E-state index contributed by atoms with van der Waals surface area (Å²) in [7, 11) is 3.99. The SMILES string of the molecule is CO[C@@H]1[C@H](O[C@@H]2O[C@@H](C)[C@H](O)[C@@](C)(OC)[C@H]2OC)c2c(O)c3c(c(O)c2C[C@@]1(C)O[C@H]1O[C@@H](C)[C@H](O)[C@](C)(O)[C@@H]1O)C(=O)c1ccc(C(C)CO)c(O)c1C3=O. The van der Waals surface area contributed by atoms with E-state index in [1.807, 2.05) is 0 Å². The van der Waals surface area contributed by atoms with Gasteiger partial charge in [-0.25, -0.2) is 0 Å². The van der Waals surface area contributed by atoms with E-state index in [9.17, 15) is 50.4 Å². The van der Waals surface area contributed by atoms with Crippen molar-refractivity contribution in [3.05, 3.63) is 51.1 Å². The molecule has 0 aromatic heterocycles. The molecule has 4 aliphatic rings. The summed E-state index contributed by atoms with van der Waals surface area (Å²) in [5.41, 5.74) is -7.28. The predicted molar refractivity (Wildman–Crippen MR) is 192 cm³/mol. The number of rotatable bonds is 9. The molecule has 2 aromatic rings. The molecule has 2 aliphatic carbocycles. The molecule has 1 unspecified atom stereocenters. The summed E-state index contributed by atoms with van der Waals surface area (Å²) < 4.78 is 42.5. The molecule has 2 saturated heterocycles. The summed E-state index contributed by atoms with van der Waals surface area (Å²) >= 11 is 0. The quantitative estimate of drug-likeness (QED) is 0.140. The normalized spacial score (nSPS) is 38.8. The highest BCUT2D eigenvalue weighted by atomic mass is 16.7. The highest BCUT2D eigenvalue weighted by Crippen LogP contribution is 2.55. The third-order valence-corrected chi connectivity index (χ3v) is 12.3. The van der Waals surface area contributed by atoms with Crippen molar-refractivity contribution in [3.8, 4) is 17.2 Å².